The van der Waals surface area contributed by atoms with Gasteiger partial charge in [0.15, 0.2) is 0 Å². The van der Waals surface area contributed by atoms with Crippen LogP contribution >= 0.6 is 0 Å². The molecule has 4 nitrogen and oxygen atoms in total. The van der Waals surface area contributed by atoms with Gasteiger partial charge in [-0.25, -0.2) is 0 Å². The number of aliphatic hydroxyl groups excluding tert-OH is 1. The summed E-state index contributed by atoms with van der Waals surface area (Å²) in [4.78, 5) is 0. The Morgan fingerprint density at radius 3 is 3.17 bits per heavy atom. The van der Waals surface area contributed by atoms with Gasteiger partial charge in [-0.1, -0.05) is 5.16 Å². The van der Waals surface area contributed by atoms with E-state index in [9.17, 15) is 0 Å². The average molecular weight is 169 g/mol. The fourth-order valence-electron chi connectivity index (χ4n) is 1.35. The van der Waals surface area contributed by atoms with E-state index < -0.39 is 0 Å². The van der Waals surface area contributed by atoms with Crippen LogP contribution in [-0.2, 0) is 11.3 Å². The molecule has 0 radical (unpaired) electrons. The molecule has 1 fully saturated rings. The van der Waals surface area contributed by atoms with Gasteiger partial charge in [-0.05, 0) is 6.42 Å². The van der Waals surface area contributed by atoms with Gasteiger partial charge >= 0.3 is 0 Å². The second-order valence-corrected chi connectivity index (χ2v) is 2.94. The number of ether oxygens (including phenoxy) is 1. The molecule has 1 saturated heterocycles. The highest BCUT2D eigenvalue weighted by molar-refractivity contribution is 5.10. The van der Waals surface area contributed by atoms with Crippen LogP contribution < -0.4 is 0 Å². The van der Waals surface area contributed by atoms with Gasteiger partial charge in [-0.15, -0.1) is 0 Å². The van der Waals surface area contributed by atoms with Crippen molar-refractivity contribution in [3.8, 4) is 0 Å². The lowest BCUT2D eigenvalue weighted by Crippen LogP contribution is -1.94. The first kappa shape index (κ1) is 7.76. The van der Waals surface area contributed by atoms with E-state index in [0.717, 1.165) is 18.8 Å². The molecule has 0 aromatic carbocycles. The Morgan fingerprint density at radius 2 is 2.58 bits per heavy atom. The van der Waals surface area contributed by atoms with Crippen molar-refractivity contribution >= 4 is 0 Å². The predicted octanol–water partition coefficient (Wildman–Crippen LogP) is 0.671. The molecule has 0 saturated carbocycles. The Labute approximate surface area is 70.1 Å². The molecule has 0 spiro atoms. The Kier molecular flexibility index (Phi) is 2.10. The summed E-state index contributed by atoms with van der Waals surface area (Å²) in [5, 5.41) is 12.4. The quantitative estimate of drug-likeness (QED) is 0.707. The molecule has 0 aliphatic carbocycles. The molecule has 1 aliphatic heterocycles. The van der Waals surface area contributed by atoms with Crippen molar-refractivity contribution in [3.63, 3.8) is 0 Å². The summed E-state index contributed by atoms with van der Waals surface area (Å²) in [5.74, 6) is 1.16. The van der Waals surface area contributed by atoms with Gasteiger partial charge in [0.25, 0.3) is 0 Å². The summed E-state index contributed by atoms with van der Waals surface area (Å²) in [6.45, 7) is 1.44. The number of hydrogen-bond donors (Lipinski definition) is 1. The van der Waals surface area contributed by atoms with E-state index in [0.29, 0.717) is 18.2 Å². The van der Waals surface area contributed by atoms with E-state index in [1.54, 1.807) is 6.07 Å². The van der Waals surface area contributed by atoms with Gasteiger partial charge in [0.1, 0.15) is 11.5 Å². The standard InChI is InChI=1S/C8H11NO3/c10-4-7-3-8(12-9-7)6-1-2-11-5-6/h3,6,10H,1-2,4-5H2. The van der Waals surface area contributed by atoms with Crippen molar-refractivity contribution < 1.29 is 14.4 Å². The third-order valence-corrected chi connectivity index (χ3v) is 2.07. The summed E-state index contributed by atoms with van der Waals surface area (Å²) in [6, 6.07) is 1.79. The molecule has 1 atom stereocenters. The van der Waals surface area contributed by atoms with Crippen LogP contribution in [0, 0.1) is 0 Å². The van der Waals surface area contributed by atoms with Crippen LogP contribution in [0.4, 0.5) is 0 Å². The molecule has 4 heteroatoms. The second kappa shape index (κ2) is 3.25. The summed E-state index contributed by atoms with van der Waals surface area (Å²) in [7, 11) is 0. The molecule has 0 amide bonds. The van der Waals surface area contributed by atoms with Crippen molar-refractivity contribution in [1.29, 1.82) is 0 Å². The predicted molar refractivity (Wildman–Crippen MR) is 40.6 cm³/mol. The normalized spacial score (nSPS) is 23.2. The maximum Gasteiger partial charge on any atom is 0.142 e. The van der Waals surface area contributed by atoms with Gasteiger partial charge < -0.3 is 14.4 Å². The molecule has 1 N–H and O–H groups in total. The highest BCUT2D eigenvalue weighted by Crippen LogP contribution is 2.25. The Bertz CT molecular complexity index is 253. The molecular formula is C8H11NO3. The number of nitrogens with zero attached hydrogens (tertiary/aromatic N) is 1. The van der Waals surface area contributed by atoms with Crippen LogP contribution in [-0.4, -0.2) is 23.5 Å². The van der Waals surface area contributed by atoms with E-state index in [-0.39, 0.29) is 6.61 Å². The lowest BCUT2D eigenvalue weighted by Gasteiger charge is -1.98. The van der Waals surface area contributed by atoms with Crippen molar-refractivity contribution in [2.75, 3.05) is 13.2 Å². The molecule has 66 valence electrons. The summed E-state index contributed by atoms with van der Waals surface area (Å²) in [6.07, 6.45) is 0.986. The SMILES string of the molecule is OCc1cc(C2CCOC2)on1. The fourth-order valence-corrected chi connectivity index (χ4v) is 1.35. The molecule has 0 bridgehead atoms. The Balaban J connectivity index is 2.11. The van der Waals surface area contributed by atoms with Gasteiger partial charge in [0, 0.05) is 18.6 Å². The number of rotatable bonds is 2. The lowest BCUT2D eigenvalue weighted by molar-refractivity contribution is 0.189. The van der Waals surface area contributed by atoms with E-state index in [1.807, 2.05) is 0 Å². The molecule has 2 rings (SSSR count). The minimum atomic E-state index is -0.0585. The van der Waals surface area contributed by atoms with Gasteiger partial charge in [-0.2, -0.15) is 0 Å². The Hall–Kier alpha value is -0.870. The zero-order valence-electron chi connectivity index (χ0n) is 6.69. The zero-order valence-corrected chi connectivity index (χ0v) is 6.69. The number of hydrogen-bond acceptors (Lipinski definition) is 4. The summed E-state index contributed by atoms with van der Waals surface area (Å²) >= 11 is 0. The van der Waals surface area contributed by atoms with Crippen molar-refractivity contribution in [2.45, 2.75) is 18.9 Å². The van der Waals surface area contributed by atoms with Crippen LogP contribution in [0.2, 0.25) is 0 Å². The zero-order chi connectivity index (χ0) is 8.39. The molecule has 1 aliphatic rings. The summed E-state index contributed by atoms with van der Waals surface area (Å²) < 4.78 is 10.3. The first-order valence-corrected chi connectivity index (χ1v) is 4.04. The lowest BCUT2D eigenvalue weighted by atomic mass is 10.1. The average Bonchev–Trinajstić information content (AvgIpc) is 2.75. The molecule has 2 heterocycles. The maximum atomic E-state index is 8.74. The first-order valence-electron chi connectivity index (χ1n) is 4.04. The fraction of sp³-hybridized carbons (Fsp3) is 0.625. The van der Waals surface area contributed by atoms with Crippen molar-refractivity contribution in [2.24, 2.45) is 0 Å². The minimum absolute atomic E-state index is 0.0585. The number of aromatic nitrogens is 1. The van der Waals surface area contributed by atoms with Gasteiger partial charge in [0.05, 0.1) is 13.2 Å². The molecule has 1 unspecified atom stereocenters. The van der Waals surface area contributed by atoms with Crippen LogP contribution in [0.1, 0.15) is 23.8 Å². The smallest absolute Gasteiger partial charge is 0.142 e. The maximum absolute atomic E-state index is 8.74. The Morgan fingerprint density at radius 1 is 1.67 bits per heavy atom. The molecule has 1 aromatic rings. The molecular weight excluding hydrogens is 158 g/mol. The minimum Gasteiger partial charge on any atom is -0.390 e. The highest BCUT2D eigenvalue weighted by Gasteiger charge is 2.21. The van der Waals surface area contributed by atoms with E-state index in [4.69, 9.17) is 14.4 Å². The van der Waals surface area contributed by atoms with Crippen molar-refractivity contribution in [3.05, 3.63) is 17.5 Å². The largest absolute Gasteiger partial charge is 0.390 e. The van der Waals surface area contributed by atoms with Crippen LogP contribution in [0.3, 0.4) is 0 Å². The third kappa shape index (κ3) is 1.35. The molecule has 1 aromatic heterocycles. The van der Waals surface area contributed by atoms with E-state index >= 15 is 0 Å². The molecule has 12 heavy (non-hydrogen) atoms. The highest BCUT2D eigenvalue weighted by atomic mass is 16.5. The van der Waals surface area contributed by atoms with E-state index in [2.05, 4.69) is 5.16 Å². The summed E-state index contributed by atoms with van der Waals surface area (Å²) in [5.41, 5.74) is 0.594. The monoisotopic (exact) mass is 169 g/mol. The number of aliphatic hydroxyl groups is 1. The van der Waals surface area contributed by atoms with Gasteiger partial charge in [0.2, 0.25) is 0 Å². The van der Waals surface area contributed by atoms with Crippen LogP contribution in [0.25, 0.3) is 0 Å². The van der Waals surface area contributed by atoms with E-state index in [1.165, 1.54) is 0 Å². The van der Waals surface area contributed by atoms with Crippen LogP contribution in [0.5, 0.6) is 0 Å². The first-order chi connectivity index (χ1) is 5.90. The van der Waals surface area contributed by atoms with Crippen molar-refractivity contribution in [1.82, 2.24) is 5.16 Å². The van der Waals surface area contributed by atoms with Crippen LogP contribution in [0.15, 0.2) is 10.6 Å². The third-order valence-electron chi connectivity index (χ3n) is 2.07. The second-order valence-electron chi connectivity index (χ2n) is 2.94. The topological polar surface area (TPSA) is 55.5 Å². The van der Waals surface area contributed by atoms with Gasteiger partial charge in [-0.3, -0.25) is 0 Å².